The number of rotatable bonds is 4. The Bertz CT molecular complexity index is 865. The molecule has 1 aliphatic rings. The van der Waals surface area contributed by atoms with Crippen molar-refractivity contribution in [3.8, 4) is 11.7 Å². The van der Waals surface area contributed by atoms with Gasteiger partial charge in [0.05, 0.1) is 24.4 Å². The van der Waals surface area contributed by atoms with Crippen LogP contribution in [0.15, 0.2) is 51.5 Å². The molecule has 5 heteroatoms. The smallest absolute Gasteiger partial charge is 0.263 e. The van der Waals surface area contributed by atoms with E-state index < -0.39 is 0 Å². The van der Waals surface area contributed by atoms with Crippen LogP contribution in [0.3, 0.4) is 0 Å². The number of carbonyl (C=O) groups is 1. The van der Waals surface area contributed by atoms with E-state index in [1.54, 1.807) is 18.4 Å². The molecule has 1 N–H and O–H groups in total. The van der Waals surface area contributed by atoms with Crippen molar-refractivity contribution in [1.82, 2.24) is 10.3 Å². The predicted octanol–water partition coefficient (Wildman–Crippen LogP) is 3.59. The monoisotopic (exact) mass is 322 g/mol. The minimum atomic E-state index is -0.0425. The maximum atomic E-state index is 12.4. The Hall–Kier alpha value is -2.82. The molecular weight excluding hydrogens is 304 g/mol. The van der Waals surface area contributed by atoms with Gasteiger partial charge >= 0.3 is 0 Å². The number of aromatic nitrogens is 1. The molecule has 0 spiro atoms. The zero-order chi connectivity index (χ0) is 16.5. The summed E-state index contributed by atoms with van der Waals surface area (Å²) in [5.74, 6) is 1.57. The van der Waals surface area contributed by atoms with Crippen LogP contribution in [-0.4, -0.2) is 10.9 Å². The summed E-state index contributed by atoms with van der Waals surface area (Å²) in [5.41, 5.74) is 3.18. The normalized spacial score (nSPS) is 16.1. The Balaban J connectivity index is 1.46. The van der Waals surface area contributed by atoms with Gasteiger partial charge in [-0.15, -0.1) is 0 Å². The van der Waals surface area contributed by atoms with Crippen LogP contribution in [0.4, 0.5) is 0 Å². The van der Waals surface area contributed by atoms with E-state index in [0.29, 0.717) is 23.1 Å². The van der Waals surface area contributed by atoms with Gasteiger partial charge < -0.3 is 14.2 Å². The fourth-order valence-electron chi connectivity index (χ4n) is 3.20. The van der Waals surface area contributed by atoms with Crippen LogP contribution >= 0.6 is 0 Å². The van der Waals surface area contributed by atoms with Crippen molar-refractivity contribution < 1.29 is 13.6 Å². The van der Waals surface area contributed by atoms with E-state index in [9.17, 15) is 4.79 Å². The lowest BCUT2D eigenvalue weighted by atomic mass is 10.1. The standard InChI is InChI=1S/C19H18N2O3/c1-12-16(21-19(24-12)17-7-4-10-23-17)11-18(22)20-15-9-8-13-5-2-3-6-14(13)15/h2-7,10,15H,8-9,11H2,1H3,(H,20,22). The molecule has 0 bridgehead atoms. The number of hydrogen-bond acceptors (Lipinski definition) is 4. The molecule has 1 aromatic carbocycles. The van der Waals surface area contributed by atoms with Crippen molar-refractivity contribution in [3.63, 3.8) is 0 Å². The highest BCUT2D eigenvalue weighted by molar-refractivity contribution is 5.79. The minimum Gasteiger partial charge on any atom is -0.459 e. The molecule has 3 aromatic rings. The molecule has 122 valence electrons. The van der Waals surface area contributed by atoms with E-state index in [2.05, 4.69) is 22.4 Å². The van der Waals surface area contributed by atoms with Crippen molar-refractivity contribution in [1.29, 1.82) is 0 Å². The zero-order valence-electron chi connectivity index (χ0n) is 13.4. The van der Waals surface area contributed by atoms with E-state index in [0.717, 1.165) is 12.8 Å². The summed E-state index contributed by atoms with van der Waals surface area (Å²) < 4.78 is 10.9. The van der Waals surface area contributed by atoms with Gasteiger partial charge in [-0.2, -0.15) is 0 Å². The first kappa shape index (κ1) is 14.8. The minimum absolute atomic E-state index is 0.0425. The lowest BCUT2D eigenvalue weighted by molar-refractivity contribution is -0.121. The summed E-state index contributed by atoms with van der Waals surface area (Å²) in [4.78, 5) is 16.8. The Morgan fingerprint density at radius 2 is 2.17 bits per heavy atom. The molecule has 0 fully saturated rings. The molecule has 1 atom stereocenters. The number of hydrogen-bond donors (Lipinski definition) is 1. The molecule has 1 aliphatic carbocycles. The maximum Gasteiger partial charge on any atom is 0.263 e. The van der Waals surface area contributed by atoms with E-state index in [1.165, 1.54) is 11.1 Å². The SMILES string of the molecule is Cc1oc(-c2ccco2)nc1CC(=O)NC1CCc2ccccc21. The molecule has 0 saturated heterocycles. The first-order valence-electron chi connectivity index (χ1n) is 8.08. The van der Waals surface area contributed by atoms with E-state index >= 15 is 0 Å². The molecular formula is C19H18N2O3. The van der Waals surface area contributed by atoms with Crippen LogP contribution < -0.4 is 5.32 Å². The highest BCUT2D eigenvalue weighted by Gasteiger charge is 2.24. The second kappa shape index (κ2) is 6.00. The number of benzene rings is 1. The molecule has 4 rings (SSSR count). The van der Waals surface area contributed by atoms with Gasteiger partial charge in [-0.1, -0.05) is 24.3 Å². The van der Waals surface area contributed by atoms with Gasteiger partial charge in [0.1, 0.15) is 5.76 Å². The molecule has 0 aliphatic heterocycles. The third kappa shape index (κ3) is 2.73. The van der Waals surface area contributed by atoms with Gasteiger partial charge in [-0.25, -0.2) is 4.98 Å². The van der Waals surface area contributed by atoms with Crippen LogP contribution in [0, 0.1) is 6.92 Å². The Labute approximate surface area is 139 Å². The van der Waals surface area contributed by atoms with Crippen LogP contribution in [0.2, 0.25) is 0 Å². The topological polar surface area (TPSA) is 68.3 Å². The number of furan rings is 1. The lowest BCUT2D eigenvalue weighted by Gasteiger charge is -2.13. The van der Waals surface area contributed by atoms with Gasteiger partial charge in [0.2, 0.25) is 5.91 Å². The average Bonchev–Trinajstić information content (AvgIpc) is 3.29. The molecule has 5 nitrogen and oxygen atoms in total. The first-order valence-corrected chi connectivity index (χ1v) is 8.08. The number of nitrogens with one attached hydrogen (secondary N) is 1. The summed E-state index contributed by atoms with van der Waals surface area (Å²) >= 11 is 0. The maximum absolute atomic E-state index is 12.4. The van der Waals surface area contributed by atoms with Crippen molar-refractivity contribution >= 4 is 5.91 Å². The van der Waals surface area contributed by atoms with Crippen LogP contribution in [0.25, 0.3) is 11.7 Å². The predicted molar refractivity (Wildman–Crippen MR) is 88.3 cm³/mol. The van der Waals surface area contributed by atoms with Crippen molar-refractivity contribution in [2.75, 3.05) is 0 Å². The van der Waals surface area contributed by atoms with Gasteiger partial charge in [-0.3, -0.25) is 4.79 Å². The van der Waals surface area contributed by atoms with Gasteiger partial charge in [0.15, 0.2) is 5.76 Å². The Morgan fingerprint density at radius 3 is 3.00 bits per heavy atom. The van der Waals surface area contributed by atoms with Crippen molar-refractivity contribution in [3.05, 3.63) is 65.2 Å². The number of oxazole rings is 1. The molecule has 1 unspecified atom stereocenters. The summed E-state index contributed by atoms with van der Waals surface area (Å²) in [6.07, 6.45) is 3.72. The number of amides is 1. The van der Waals surface area contributed by atoms with Crippen molar-refractivity contribution in [2.45, 2.75) is 32.2 Å². The number of carbonyl (C=O) groups excluding carboxylic acids is 1. The summed E-state index contributed by atoms with van der Waals surface area (Å²) in [7, 11) is 0. The van der Waals surface area contributed by atoms with Gasteiger partial charge in [0, 0.05) is 0 Å². The fraction of sp³-hybridized carbons (Fsp3) is 0.263. The average molecular weight is 322 g/mol. The lowest BCUT2D eigenvalue weighted by Crippen LogP contribution is -2.28. The van der Waals surface area contributed by atoms with Gasteiger partial charge in [-0.05, 0) is 43.0 Å². The molecule has 2 heterocycles. The zero-order valence-corrected chi connectivity index (χ0v) is 13.4. The molecule has 2 aromatic heterocycles. The fourth-order valence-corrected chi connectivity index (χ4v) is 3.20. The van der Waals surface area contributed by atoms with E-state index in [1.807, 2.05) is 19.1 Å². The van der Waals surface area contributed by atoms with Crippen molar-refractivity contribution in [2.24, 2.45) is 0 Å². The summed E-state index contributed by atoms with van der Waals surface area (Å²) in [6, 6.07) is 11.9. The highest BCUT2D eigenvalue weighted by atomic mass is 16.4. The largest absolute Gasteiger partial charge is 0.459 e. The van der Waals surface area contributed by atoms with Crippen LogP contribution in [-0.2, 0) is 17.6 Å². The third-order valence-electron chi connectivity index (χ3n) is 4.42. The highest BCUT2D eigenvalue weighted by Crippen LogP contribution is 2.30. The molecule has 0 radical (unpaired) electrons. The Kier molecular flexibility index (Phi) is 3.69. The summed E-state index contributed by atoms with van der Waals surface area (Å²) in [5, 5.41) is 3.11. The van der Waals surface area contributed by atoms with E-state index in [-0.39, 0.29) is 18.4 Å². The Morgan fingerprint density at radius 1 is 1.29 bits per heavy atom. The second-order valence-electron chi connectivity index (χ2n) is 6.03. The van der Waals surface area contributed by atoms with Gasteiger partial charge in [0.25, 0.3) is 5.89 Å². The second-order valence-corrected chi connectivity index (χ2v) is 6.03. The molecule has 24 heavy (non-hydrogen) atoms. The number of aryl methyl sites for hydroxylation is 2. The van der Waals surface area contributed by atoms with Crippen LogP contribution in [0.5, 0.6) is 0 Å². The van der Waals surface area contributed by atoms with E-state index in [4.69, 9.17) is 8.83 Å². The first-order chi connectivity index (χ1) is 11.7. The molecule has 1 amide bonds. The third-order valence-corrected chi connectivity index (χ3v) is 4.42. The quantitative estimate of drug-likeness (QED) is 0.797. The number of fused-ring (bicyclic) bond motifs is 1. The van der Waals surface area contributed by atoms with Crippen LogP contribution in [0.1, 0.15) is 35.0 Å². The number of nitrogens with zero attached hydrogens (tertiary/aromatic N) is 1. The molecule has 0 saturated carbocycles. The summed E-state index contributed by atoms with van der Waals surface area (Å²) in [6.45, 7) is 1.81.